The molecule has 3 amide bonds. The van der Waals surface area contributed by atoms with Crippen molar-refractivity contribution in [2.24, 2.45) is 0 Å². The highest BCUT2D eigenvalue weighted by atomic mass is 32.2. The van der Waals surface area contributed by atoms with Crippen LogP contribution in [-0.2, 0) is 19.6 Å². The van der Waals surface area contributed by atoms with Gasteiger partial charge in [0.05, 0.1) is 10.6 Å². The number of amides is 3. The molecule has 32 heavy (non-hydrogen) atoms. The predicted molar refractivity (Wildman–Crippen MR) is 122 cm³/mol. The molecule has 1 fully saturated rings. The van der Waals surface area contributed by atoms with Gasteiger partial charge in [-0.1, -0.05) is 19.9 Å². The van der Waals surface area contributed by atoms with E-state index >= 15 is 0 Å². The van der Waals surface area contributed by atoms with E-state index in [4.69, 9.17) is 0 Å². The Hall–Kier alpha value is -3.04. The van der Waals surface area contributed by atoms with Gasteiger partial charge in [0, 0.05) is 37.2 Å². The van der Waals surface area contributed by atoms with Gasteiger partial charge in [-0.15, -0.1) is 0 Å². The fourth-order valence-corrected chi connectivity index (χ4v) is 5.23. The highest BCUT2D eigenvalue weighted by Gasteiger charge is 2.30. The maximum Gasteiger partial charge on any atom is 0.255 e. The van der Waals surface area contributed by atoms with Gasteiger partial charge in [0.2, 0.25) is 21.8 Å². The van der Waals surface area contributed by atoms with E-state index in [1.165, 1.54) is 16.4 Å². The summed E-state index contributed by atoms with van der Waals surface area (Å²) in [7, 11) is -3.69. The summed E-state index contributed by atoms with van der Waals surface area (Å²) in [6, 6.07) is 9.32. The molecule has 0 unspecified atom stereocenters. The fraction of sp³-hybridized carbons (Fsp3) is 0.348. The van der Waals surface area contributed by atoms with Gasteiger partial charge in [-0.25, -0.2) is 8.42 Å². The average Bonchev–Trinajstić information content (AvgIpc) is 3.09. The Morgan fingerprint density at radius 1 is 1.03 bits per heavy atom. The van der Waals surface area contributed by atoms with Crippen molar-refractivity contribution < 1.29 is 22.8 Å². The minimum Gasteiger partial charge on any atom is -0.322 e. The van der Waals surface area contributed by atoms with Crippen molar-refractivity contribution >= 4 is 39.1 Å². The van der Waals surface area contributed by atoms with Gasteiger partial charge < -0.3 is 5.32 Å². The third kappa shape index (κ3) is 4.44. The Morgan fingerprint density at radius 2 is 1.66 bits per heavy atom. The van der Waals surface area contributed by atoms with Crippen LogP contribution in [0, 0.1) is 13.8 Å². The summed E-state index contributed by atoms with van der Waals surface area (Å²) in [4.78, 5) is 38.2. The summed E-state index contributed by atoms with van der Waals surface area (Å²) in [6.45, 7) is 7.82. The lowest BCUT2D eigenvalue weighted by atomic mass is 10.1. The number of carbonyl (C=O) groups excluding carboxylic acids is 3. The molecule has 0 radical (unpaired) electrons. The molecular weight excluding hydrogens is 430 g/mol. The highest BCUT2D eigenvalue weighted by Crippen LogP contribution is 2.28. The minimum atomic E-state index is -3.69. The number of aryl methyl sites for hydroxylation is 1. The Balaban J connectivity index is 1.93. The molecule has 2 aromatic rings. The van der Waals surface area contributed by atoms with Crippen LogP contribution in [0.2, 0.25) is 0 Å². The zero-order valence-corrected chi connectivity index (χ0v) is 19.5. The lowest BCUT2D eigenvalue weighted by Crippen LogP contribution is -2.30. The monoisotopic (exact) mass is 457 g/mol. The summed E-state index contributed by atoms with van der Waals surface area (Å²) < 4.78 is 27.3. The lowest BCUT2D eigenvalue weighted by molar-refractivity contribution is -0.121. The molecule has 0 aliphatic carbocycles. The predicted octanol–water partition coefficient (Wildman–Crippen LogP) is 3.24. The molecule has 3 rings (SSSR count). The van der Waals surface area contributed by atoms with Gasteiger partial charge in [-0.3, -0.25) is 19.3 Å². The molecule has 9 heteroatoms. The van der Waals surface area contributed by atoms with E-state index in [1.54, 1.807) is 52.0 Å². The zero-order valence-electron chi connectivity index (χ0n) is 18.6. The molecule has 0 atom stereocenters. The maximum atomic E-state index is 13.0. The number of benzene rings is 2. The van der Waals surface area contributed by atoms with E-state index in [9.17, 15) is 22.8 Å². The second-order valence-electron chi connectivity index (χ2n) is 7.63. The number of nitrogens with zero attached hydrogens (tertiary/aromatic N) is 2. The van der Waals surface area contributed by atoms with Gasteiger partial charge in [0.25, 0.3) is 5.91 Å². The topological polar surface area (TPSA) is 104 Å². The van der Waals surface area contributed by atoms with E-state index in [0.29, 0.717) is 24.5 Å². The van der Waals surface area contributed by atoms with E-state index in [-0.39, 0.29) is 35.1 Å². The second-order valence-corrected chi connectivity index (χ2v) is 9.57. The van der Waals surface area contributed by atoms with Crippen molar-refractivity contribution in [3.63, 3.8) is 0 Å². The van der Waals surface area contributed by atoms with Crippen molar-refractivity contribution in [2.75, 3.05) is 23.3 Å². The van der Waals surface area contributed by atoms with Crippen LogP contribution in [0.1, 0.15) is 48.2 Å². The van der Waals surface area contributed by atoms with Crippen molar-refractivity contribution in [3.8, 4) is 0 Å². The summed E-state index contributed by atoms with van der Waals surface area (Å²) in [5, 5.41) is 2.78. The van der Waals surface area contributed by atoms with Crippen LogP contribution < -0.4 is 10.2 Å². The molecule has 0 bridgehead atoms. The van der Waals surface area contributed by atoms with E-state index in [1.807, 2.05) is 0 Å². The molecule has 1 N–H and O–H groups in total. The Bertz CT molecular complexity index is 1170. The minimum absolute atomic E-state index is 0.113. The smallest absolute Gasteiger partial charge is 0.255 e. The van der Waals surface area contributed by atoms with Gasteiger partial charge >= 0.3 is 0 Å². The van der Waals surface area contributed by atoms with Crippen LogP contribution in [0.5, 0.6) is 0 Å². The Kier molecular flexibility index (Phi) is 6.80. The summed E-state index contributed by atoms with van der Waals surface area (Å²) in [5.74, 6) is -1.06. The average molecular weight is 458 g/mol. The maximum absolute atomic E-state index is 13.0. The first-order chi connectivity index (χ1) is 15.1. The Labute approximate surface area is 188 Å². The largest absolute Gasteiger partial charge is 0.322 e. The Morgan fingerprint density at radius 3 is 2.25 bits per heavy atom. The fourth-order valence-electron chi connectivity index (χ4n) is 3.66. The lowest BCUT2D eigenvalue weighted by Gasteiger charge is -2.20. The molecule has 1 aliphatic rings. The zero-order chi connectivity index (χ0) is 23.6. The first-order valence-corrected chi connectivity index (χ1v) is 11.9. The van der Waals surface area contributed by atoms with Crippen molar-refractivity contribution in [2.45, 2.75) is 45.4 Å². The number of rotatable bonds is 7. The molecule has 170 valence electrons. The molecule has 0 spiro atoms. The van der Waals surface area contributed by atoms with Crippen LogP contribution in [0.3, 0.4) is 0 Å². The first kappa shape index (κ1) is 23.6. The second kappa shape index (κ2) is 9.22. The standard InChI is InChI=1S/C23H27N3O5S/c1-5-25(6-2)32(30,31)19-12-15(3)16(4)20(14-19)24-23(29)17-8-7-9-18(13-17)26-21(27)10-11-22(26)28/h7-9,12-14H,5-6,10-11H2,1-4H3,(H,24,29). The number of sulfonamides is 1. The highest BCUT2D eigenvalue weighted by molar-refractivity contribution is 7.89. The molecule has 2 aromatic carbocycles. The van der Waals surface area contributed by atoms with Crippen molar-refractivity contribution in [3.05, 3.63) is 53.1 Å². The normalized spacial score (nSPS) is 14.3. The summed E-state index contributed by atoms with van der Waals surface area (Å²) in [6.07, 6.45) is 0.309. The SMILES string of the molecule is CCN(CC)S(=O)(=O)c1cc(C)c(C)c(NC(=O)c2cccc(N3C(=O)CCC3=O)c2)c1. The molecular formula is C23H27N3O5S. The van der Waals surface area contributed by atoms with Crippen LogP contribution in [0.15, 0.2) is 41.3 Å². The number of hydrogen-bond donors (Lipinski definition) is 1. The summed E-state index contributed by atoms with van der Waals surface area (Å²) >= 11 is 0. The van der Waals surface area contributed by atoms with Gasteiger partial charge in [0.1, 0.15) is 0 Å². The number of anilines is 2. The number of nitrogens with one attached hydrogen (secondary N) is 1. The number of hydrogen-bond acceptors (Lipinski definition) is 5. The van der Waals surface area contributed by atoms with Crippen LogP contribution in [0.4, 0.5) is 11.4 Å². The van der Waals surface area contributed by atoms with Crippen molar-refractivity contribution in [1.29, 1.82) is 0 Å². The number of imide groups is 1. The van der Waals surface area contributed by atoms with Gasteiger partial charge in [-0.2, -0.15) is 4.31 Å². The third-order valence-electron chi connectivity index (χ3n) is 5.65. The summed E-state index contributed by atoms with van der Waals surface area (Å²) in [5.41, 5.74) is 2.47. The van der Waals surface area contributed by atoms with E-state index in [2.05, 4.69) is 5.32 Å². The molecule has 0 saturated carbocycles. The quantitative estimate of drug-likeness (QED) is 0.643. The number of carbonyl (C=O) groups is 3. The van der Waals surface area contributed by atoms with Crippen molar-refractivity contribution in [1.82, 2.24) is 4.31 Å². The van der Waals surface area contributed by atoms with Crippen LogP contribution in [-0.4, -0.2) is 43.5 Å². The first-order valence-electron chi connectivity index (χ1n) is 10.5. The third-order valence-corrected chi connectivity index (χ3v) is 7.68. The van der Waals surface area contributed by atoms with Crippen LogP contribution >= 0.6 is 0 Å². The van der Waals surface area contributed by atoms with Gasteiger partial charge in [-0.05, 0) is 55.3 Å². The molecule has 8 nitrogen and oxygen atoms in total. The molecule has 1 aliphatic heterocycles. The van der Waals surface area contributed by atoms with E-state index < -0.39 is 15.9 Å². The molecule has 1 heterocycles. The molecule has 1 saturated heterocycles. The van der Waals surface area contributed by atoms with Gasteiger partial charge in [0.15, 0.2) is 0 Å². The molecule has 0 aromatic heterocycles. The van der Waals surface area contributed by atoms with Crippen LogP contribution in [0.25, 0.3) is 0 Å². The van der Waals surface area contributed by atoms with E-state index in [0.717, 1.165) is 16.0 Å².